The van der Waals surface area contributed by atoms with E-state index >= 15 is 0 Å². The van der Waals surface area contributed by atoms with Gasteiger partial charge in [-0.1, -0.05) is 37.6 Å². The van der Waals surface area contributed by atoms with Gasteiger partial charge in [0.15, 0.2) is 6.61 Å². The summed E-state index contributed by atoms with van der Waals surface area (Å²) in [6.45, 7) is 4.98. The van der Waals surface area contributed by atoms with Crippen molar-refractivity contribution < 1.29 is 23.9 Å². The number of carbonyl (C=O) groups is 4. The van der Waals surface area contributed by atoms with Gasteiger partial charge in [0.1, 0.15) is 0 Å². The fourth-order valence-corrected chi connectivity index (χ4v) is 2.19. The lowest BCUT2D eigenvalue weighted by Crippen LogP contribution is -2.42. The van der Waals surface area contributed by atoms with E-state index in [1.165, 1.54) is 6.92 Å². The number of benzene rings is 1. The van der Waals surface area contributed by atoms with Crippen molar-refractivity contribution in [1.82, 2.24) is 16.0 Å². The quantitative estimate of drug-likeness (QED) is 0.580. The number of halogens is 1. The van der Waals surface area contributed by atoms with Crippen LogP contribution >= 0.6 is 11.6 Å². The highest BCUT2D eigenvalue weighted by Crippen LogP contribution is 2.20. The molecule has 0 bridgehead atoms. The number of nitrogens with one attached hydrogen (secondary N) is 3. The molecule has 1 atom stereocenters. The van der Waals surface area contributed by atoms with E-state index in [9.17, 15) is 19.2 Å². The van der Waals surface area contributed by atoms with Crippen LogP contribution in [-0.4, -0.2) is 37.0 Å². The normalized spacial score (nSPS) is 11.4. The molecule has 4 amide bonds. The summed E-state index contributed by atoms with van der Waals surface area (Å²) in [6.07, 6.45) is -0.173. The van der Waals surface area contributed by atoms with Crippen LogP contribution in [0.3, 0.4) is 0 Å². The van der Waals surface area contributed by atoms with Gasteiger partial charge in [0, 0.05) is 18.5 Å². The minimum Gasteiger partial charge on any atom is -0.455 e. The van der Waals surface area contributed by atoms with Gasteiger partial charge in [-0.25, -0.2) is 4.79 Å². The molecule has 1 aromatic carbocycles. The van der Waals surface area contributed by atoms with Gasteiger partial charge in [0.25, 0.3) is 5.91 Å². The summed E-state index contributed by atoms with van der Waals surface area (Å²) in [5, 5.41) is 7.74. The average Bonchev–Trinajstić information content (AvgIpc) is 2.58. The maximum absolute atomic E-state index is 12.0. The predicted molar refractivity (Wildman–Crippen MR) is 100.0 cm³/mol. The lowest BCUT2D eigenvalue weighted by molar-refractivity contribution is -0.148. The van der Waals surface area contributed by atoms with Gasteiger partial charge in [0.05, 0.1) is 12.5 Å². The van der Waals surface area contributed by atoms with Crippen LogP contribution in [0.2, 0.25) is 5.02 Å². The standard InChI is InChI=1S/C18H24ClN3O5/c1-11(2)9-20-18(26)22-16(24)10-27-17(25)8-15(21-12(3)23)13-4-6-14(19)7-5-13/h4-7,11,15H,8-10H2,1-3H3,(H,21,23)(H2,20,22,24,26). The molecule has 27 heavy (non-hydrogen) atoms. The predicted octanol–water partition coefficient (Wildman–Crippen LogP) is 1.93. The van der Waals surface area contributed by atoms with Crippen molar-refractivity contribution in [2.24, 2.45) is 5.92 Å². The number of urea groups is 1. The summed E-state index contributed by atoms with van der Waals surface area (Å²) in [5.74, 6) is -1.52. The van der Waals surface area contributed by atoms with E-state index in [1.54, 1.807) is 24.3 Å². The lowest BCUT2D eigenvalue weighted by Gasteiger charge is -2.17. The van der Waals surface area contributed by atoms with Crippen LogP contribution in [0, 0.1) is 5.92 Å². The van der Waals surface area contributed by atoms with E-state index in [-0.39, 0.29) is 18.2 Å². The van der Waals surface area contributed by atoms with E-state index in [2.05, 4.69) is 16.0 Å². The van der Waals surface area contributed by atoms with Gasteiger partial charge in [-0.2, -0.15) is 0 Å². The highest BCUT2D eigenvalue weighted by molar-refractivity contribution is 6.30. The molecule has 0 aliphatic rings. The monoisotopic (exact) mass is 397 g/mol. The number of esters is 1. The average molecular weight is 398 g/mol. The first-order chi connectivity index (χ1) is 12.7. The van der Waals surface area contributed by atoms with Crippen LogP contribution in [0.5, 0.6) is 0 Å². The summed E-state index contributed by atoms with van der Waals surface area (Å²) >= 11 is 5.84. The van der Waals surface area contributed by atoms with Crippen molar-refractivity contribution >= 4 is 35.4 Å². The minimum atomic E-state index is -0.743. The number of ether oxygens (including phenoxy) is 1. The van der Waals surface area contributed by atoms with Crippen LogP contribution in [0.25, 0.3) is 0 Å². The molecule has 0 spiro atoms. The number of hydrogen-bond acceptors (Lipinski definition) is 5. The summed E-state index contributed by atoms with van der Waals surface area (Å²) in [6, 6.07) is 5.37. The molecule has 0 aromatic heterocycles. The Hall–Kier alpha value is -2.61. The molecule has 1 unspecified atom stereocenters. The summed E-state index contributed by atoms with van der Waals surface area (Å²) in [5.41, 5.74) is 0.670. The molecule has 9 heteroatoms. The van der Waals surface area contributed by atoms with Crippen molar-refractivity contribution in [3.8, 4) is 0 Å². The van der Waals surface area contributed by atoms with E-state index in [0.717, 1.165) is 0 Å². The Morgan fingerprint density at radius 2 is 1.74 bits per heavy atom. The second kappa shape index (κ2) is 11.2. The molecule has 0 radical (unpaired) electrons. The number of imide groups is 1. The molecule has 0 fully saturated rings. The minimum absolute atomic E-state index is 0.173. The molecular weight excluding hydrogens is 374 g/mol. The zero-order valence-corrected chi connectivity index (χ0v) is 16.3. The fourth-order valence-electron chi connectivity index (χ4n) is 2.07. The van der Waals surface area contributed by atoms with Gasteiger partial charge in [0.2, 0.25) is 5.91 Å². The molecule has 0 saturated heterocycles. The summed E-state index contributed by atoms with van der Waals surface area (Å²) in [4.78, 5) is 46.5. The number of hydrogen-bond donors (Lipinski definition) is 3. The third-order valence-corrected chi connectivity index (χ3v) is 3.56. The highest BCUT2D eigenvalue weighted by Gasteiger charge is 2.19. The highest BCUT2D eigenvalue weighted by atomic mass is 35.5. The number of rotatable bonds is 8. The van der Waals surface area contributed by atoms with E-state index < -0.39 is 30.6 Å². The van der Waals surface area contributed by atoms with Gasteiger partial charge in [-0.15, -0.1) is 0 Å². The van der Waals surface area contributed by atoms with Crippen molar-refractivity contribution in [2.75, 3.05) is 13.2 Å². The van der Waals surface area contributed by atoms with Crippen molar-refractivity contribution in [3.63, 3.8) is 0 Å². The summed E-state index contributed by atoms with van der Waals surface area (Å²) < 4.78 is 4.88. The lowest BCUT2D eigenvalue weighted by atomic mass is 10.0. The Balaban J connectivity index is 2.51. The third kappa shape index (κ3) is 9.60. The second-order valence-electron chi connectivity index (χ2n) is 6.32. The molecule has 1 rings (SSSR count). The van der Waals surface area contributed by atoms with Gasteiger partial charge in [-0.3, -0.25) is 19.7 Å². The van der Waals surface area contributed by atoms with Gasteiger partial charge >= 0.3 is 12.0 Å². The van der Waals surface area contributed by atoms with Gasteiger partial charge in [-0.05, 0) is 23.6 Å². The molecule has 148 valence electrons. The van der Waals surface area contributed by atoms with Gasteiger partial charge < -0.3 is 15.4 Å². The van der Waals surface area contributed by atoms with Crippen molar-refractivity contribution in [2.45, 2.75) is 33.2 Å². The molecule has 0 heterocycles. The topological polar surface area (TPSA) is 114 Å². The fraction of sp³-hybridized carbons (Fsp3) is 0.444. The molecule has 0 aliphatic carbocycles. The number of amides is 4. The van der Waals surface area contributed by atoms with Crippen molar-refractivity contribution in [3.05, 3.63) is 34.9 Å². The van der Waals surface area contributed by atoms with Crippen molar-refractivity contribution in [1.29, 1.82) is 0 Å². The molecular formula is C18H24ClN3O5. The summed E-state index contributed by atoms with van der Waals surface area (Å²) in [7, 11) is 0. The zero-order chi connectivity index (χ0) is 20.4. The Labute approximate surface area is 163 Å². The SMILES string of the molecule is CC(=O)NC(CC(=O)OCC(=O)NC(=O)NCC(C)C)c1ccc(Cl)cc1. The van der Waals surface area contributed by atoms with Crippen LogP contribution in [0.1, 0.15) is 38.8 Å². The molecule has 3 N–H and O–H groups in total. The van der Waals surface area contributed by atoms with Crippen LogP contribution in [0.15, 0.2) is 24.3 Å². The smallest absolute Gasteiger partial charge is 0.321 e. The largest absolute Gasteiger partial charge is 0.455 e. The zero-order valence-electron chi connectivity index (χ0n) is 15.5. The Morgan fingerprint density at radius 3 is 2.30 bits per heavy atom. The Bertz CT molecular complexity index is 676. The maximum Gasteiger partial charge on any atom is 0.321 e. The third-order valence-electron chi connectivity index (χ3n) is 3.31. The van der Waals surface area contributed by atoms with E-state index in [4.69, 9.17) is 16.3 Å². The first-order valence-electron chi connectivity index (χ1n) is 8.43. The molecule has 8 nitrogen and oxygen atoms in total. The Morgan fingerprint density at radius 1 is 1.11 bits per heavy atom. The molecule has 0 aliphatic heterocycles. The maximum atomic E-state index is 12.0. The van der Waals surface area contributed by atoms with Crippen LogP contribution < -0.4 is 16.0 Å². The Kier molecular flexibility index (Phi) is 9.29. The first-order valence-corrected chi connectivity index (χ1v) is 8.81. The van der Waals surface area contributed by atoms with Crippen LogP contribution in [0.4, 0.5) is 4.79 Å². The van der Waals surface area contributed by atoms with E-state index in [1.807, 2.05) is 13.8 Å². The second-order valence-corrected chi connectivity index (χ2v) is 6.76. The number of carbonyl (C=O) groups excluding carboxylic acids is 4. The van der Waals surface area contributed by atoms with E-state index in [0.29, 0.717) is 17.1 Å². The first kappa shape index (κ1) is 22.4. The molecule has 1 aromatic rings. The molecule has 0 saturated carbocycles. The van der Waals surface area contributed by atoms with Crippen LogP contribution in [-0.2, 0) is 19.1 Å².